The predicted molar refractivity (Wildman–Crippen MR) is 130 cm³/mol. The van der Waals surface area contributed by atoms with Crippen molar-refractivity contribution >= 4 is 30.0 Å². The van der Waals surface area contributed by atoms with Crippen LogP contribution in [0.5, 0.6) is 0 Å². The summed E-state index contributed by atoms with van der Waals surface area (Å²) in [4.78, 5) is 30.9. The van der Waals surface area contributed by atoms with Crippen LogP contribution in [0.15, 0.2) is 24.5 Å². The van der Waals surface area contributed by atoms with E-state index in [1.54, 1.807) is 0 Å². The molecule has 1 aliphatic rings. The molecule has 1 aliphatic heterocycles. The molecule has 0 aliphatic carbocycles. The summed E-state index contributed by atoms with van der Waals surface area (Å²) < 4.78 is 62.2. The van der Waals surface area contributed by atoms with Crippen molar-refractivity contribution in [2.75, 3.05) is 43.0 Å². The first-order valence-electron chi connectivity index (χ1n) is 11.4. The lowest BCUT2D eigenvalue weighted by atomic mass is 10.0. The lowest BCUT2D eigenvalue weighted by molar-refractivity contribution is -0.137. The zero-order valence-corrected chi connectivity index (χ0v) is 20.4. The van der Waals surface area contributed by atoms with Crippen molar-refractivity contribution < 1.29 is 31.5 Å². The third kappa shape index (κ3) is 10.9. The molecule has 1 aromatic heterocycles. The van der Waals surface area contributed by atoms with Gasteiger partial charge in [-0.25, -0.2) is 14.4 Å². The number of hydrogen-bond acceptors (Lipinski definition) is 8. The van der Waals surface area contributed by atoms with Gasteiger partial charge in [0.05, 0.1) is 5.56 Å². The summed E-state index contributed by atoms with van der Waals surface area (Å²) in [5.74, 6) is -1.32. The van der Waals surface area contributed by atoms with Crippen LogP contribution < -0.4 is 22.1 Å². The van der Waals surface area contributed by atoms with Gasteiger partial charge in [0.25, 0.3) is 0 Å². The Labute approximate surface area is 211 Å². The molecule has 0 radical (unpaired) electrons. The number of likely N-dealkylation sites (N-methyl/N-ethyl adjacent to an activating group) is 1. The monoisotopic (exact) mass is 533 g/mol. The van der Waals surface area contributed by atoms with Crippen LogP contribution in [0.2, 0.25) is 0 Å². The Balaban J connectivity index is 0.000000383. The smallest absolute Gasteiger partial charge is 0.399 e. The molecule has 3 rings (SSSR count). The molecule has 0 bridgehead atoms. The molecule has 9 nitrogen and oxygen atoms in total. The van der Waals surface area contributed by atoms with Crippen molar-refractivity contribution in [2.45, 2.75) is 44.3 Å². The number of aromatic nitrogens is 2. The number of rotatable bonds is 7. The number of carbonyl (C=O) groups excluding carboxylic acids is 2. The van der Waals surface area contributed by atoms with E-state index >= 15 is 0 Å². The highest BCUT2D eigenvalue weighted by Gasteiger charge is 2.31. The summed E-state index contributed by atoms with van der Waals surface area (Å²) in [5.41, 5.74) is 13.4. The number of unbranched alkanes of at least 4 members (excludes halogenated alkanes) is 2. The van der Waals surface area contributed by atoms with Crippen LogP contribution in [-0.4, -0.2) is 60.3 Å². The summed E-state index contributed by atoms with van der Waals surface area (Å²) in [6, 6.07) is 2.27. The number of carbonyl (C=O) groups is 2. The maximum Gasteiger partial charge on any atom is 0.416 e. The lowest BCUT2D eigenvalue weighted by Crippen LogP contribution is -2.47. The second-order valence-electron chi connectivity index (χ2n) is 8.19. The van der Waals surface area contributed by atoms with Gasteiger partial charge in [-0.2, -0.15) is 17.6 Å². The third-order valence-corrected chi connectivity index (χ3v) is 5.45. The zero-order chi connectivity index (χ0) is 28.0. The van der Waals surface area contributed by atoms with E-state index in [2.05, 4.69) is 27.6 Å². The Kier molecular flexibility index (Phi) is 13.2. The highest BCUT2D eigenvalue weighted by atomic mass is 19.4. The topological polar surface area (TPSA) is 144 Å². The van der Waals surface area contributed by atoms with Crippen molar-refractivity contribution in [3.05, 3.63) is 41.7 Å². The second kappa shape index (κ2) is 15.5. The fourth-order valence-electron chi connectivity index (χ4n) is 3.65. The van der Waals surface area contributed by atoms with Gasteiger partial charge in [-0.05, 0) is 57.5 Å². The minimum absolute atomic E-state index is 0.102. The van der Waals surface area contributed by atoms with E-state index in [1.165, 1.54) is 6.33 Å². The molecule has 1 aromatic carbocycles. The summed E-state index contributed by atoms with van der Waals surface area (Å²) in [6.07, 6.45) is 2.59. The molecule has 1 atom stereocenters. The Morgan fingerprint density at radius 3 is 2.41 bits per heavy atom. The van der Waals surface area contributed by atoms with E-state index in [-0.39, 0.29) is 17.9 Å². The van der Waals surface area contributed by atoms with Crippen molar-refractivity contribution in [2.24, 2.45) is 5.73 Å². The first-order chi connectivity index (χ1) is 17.4. The first-order valence-corrected chi connectivity index (χ1v) is 11.4. The highest BCUT2D eigenvalue weighted by molar-refractivity contribution is 5.49. The van der Waals surface area contributed by atoms with Gasteiger partial charge in [-0.3, -0.25) is 4.79 Å². The van der Waals surface area contributed by atoms with Crippen LogP contribution in [0.25, 0.3) is 0 Å². The van der Waals surface area contributed by atoms with Crippen molar-refractivity contribution in [3.63, 3.8) is 0 Å². The largest absolute Gasteiger partial charge is 0.416 e. The third-order valence-electron chi connectivity index (χ3n) is 5.45. The molecule has 14 heteroatoms. The van der Waals surface area contributed by atoms with Gasteiger partial charge in [-0.15, -0.1) is 0 Å². The zero-order valence-electron chi connectivity index (χ0n) is 20.4. The molecule has 0 spiro atoms. The first kappa shape index (κ1) is 31.5. The fraction of sp³-hybridized carbons (Fsp3) is 0.478. The number of nitrogens with two attached hydrogens (primary N) is 3. The number of amides is 1. The summed E-state index contributed by atoms with van der Waals surface area (Å²) in [5, 5.41) is 0. The van der Waals surface area contributed by atoms with E-state index in [9.17, 15) is 26.7 Å². The maximum atomic E-state index is 14.1. The van der Waals surface area contributed by atoms with Crippen LogP contribution in [-0.2, 0) is 15.8 Å². The summed E-state index contributed by atoms with van der Waals surface area (Å²) >= 11 is 0. The molecule has 1 fully saturated rings. The molecule has 2 heterocycles. The number of anilines is 3. The number of piperidine rings is 1. The normalized spacial score (nSPS) is 15.2. The van der Waals surface area contributed by atoms with Crippen LogP contribution in [0.3, 0.4) is 0 Å². The van der Waals surface area contributed by atoms with E-state index in [0.29, 0.717) is 30.4 Å². The average Bonchev–Trinajstić information content (AvgIpc) is 2.83. The van der Waals surface area contributed by atoms with Gasteiger partial charge in [0, 0.05) is 31.2 Å². The quantitative estimate of drug-likeness (QED) is 0.213. The van der Waals surface area contributed by atoms with E-state index in [0.717, 1.165) is 57.7 Å². The lowest BCUT2D eigenvalue weighted by Gasteiger charge is -2.38. The van der Waals surface area contributed by atoms with Gasteiger partial charge < -0.3 is 31.8 Å². The number of hydrogen-bond donors (Lipinski definition) is 3. The molecule has 37 heavy (non-hydrogen) atoms. The van der Waals surface area contributed by atoms with Gasteiger partial charge in [0.15, 0.2) is 11.6 Å². The Bertz CT molecular complexity index is 974. The molecular weight excluding hydrogens is 501 g/mol. The number of nitrogen functional groups attached to an aromatic ring is 2. The Hall–Kier alpha value is -3.55. The SMILES string of the molecule is CN(CCCCC=O)C1CCCN(c2ncnc(N)c2F)C1.NC=O.Nc1cc(F)cc(C(F)(F)F)c1. The highest BCUT2D eigenvalue weighted by Crippen LogP contribution is 2.30. The van der Waals surface area contributed by atoms with E-state index in [1.807, 2.05) is 4.90 Å². The minimum atomic E-state index is -4.55. The number of alkyl halides is 3. The number of aldehydes is 1. The number of nitrogens with zero attached hydrogens (tertiary/aromatic N) is 4. The molecule has 6 N–H and O–H groups in total. The van der Waals surface area contributed by atoms with E-state index < -0.39 is 23.4 Å². The molecule has 1 amide bonds. The molecule has 2 aromatic rings. The van der Waals surface area contributed by atoms with E-state index in [4.69, 9.17) is 16.3 Å². The van der Waals surface area contributed by atoms with Crippen molar-refractivity contribution in [1.29, 1.82) is 0 Å². The summed E-state index contributed by atoms with van der Waals surface area (Å²) in [6.45, 7) is 2.46. The maximum absolute atomic E-state index is 14.1. The second-order valence-corrected chi connectivity index (χ2v) is 8.19. The molecule has 0 saturated carbocycles. The van der Waals surface area contributed by atoms with Crippen molar-refractivity contribution in [3.8, 4) is 0 Å². The Morgan fingerprint density at radius 2 is 1.81 bits per heavy atom. The Morgan fingerprint density at radius 1 is 1.14 bits per heavy atom. The predicted octanol–water partition coefficient (Wildman–Crippen LogP) is 3.00. The number of halogens is 5. The standard InChI is InChI=1S/C15H24FN5O.C7H5F4N.CH3NO/c1-20(7-3-2-4-9-22)12-6-5-8-21(10-12)15-13(16)14(17)18-11-19-15;8-5-1-4(7(9,10)11)2-6(12)3-5;2-1-3/h9,11-12H,2-8,10H2,1H3,(H2,17,18,19);1-3H,12H2;1H,(H2,2,3). The molecule has 1 unspecified atom stereocenters. The minimum Gasteiger partial charge on any atom is -0.399 e. The molecule has 206 valence electrons. The molecule has 1 saturated heterocycles. The summed E-state index contributed by atoms with van der Waals surface area (Å²) in [7, 11) is 2.08. The fourth-order valence-corrected chi connectivity index (χ4v) is 3.65. The van der Waals surface area contributed by atoms with Gasteiger partial charge in [-0.1, -0.05) is 0 Å². The van der Waals surface area contributed by atoms with Crippen LogP contribution in [0.1, 0.15) is 37.7 Å². The van der Waals surface area contributed by atoms with Gasteiger partial charge >= 0.3 is 6.18 Å². The number of benzene rings is 1. The molecular formula is C23H32F5N7O2. The van der Waals surface area contributed by atoms with Crippen LogP contribution in [0, 0.1) is 11.6 Å². The van der Waals surface area contributed by atoms with Gasteiger partial charge in [0.2, 0.25) is 12.2 Å². The van der Waals surface area contributed by atoms with Crippen molar-refractivity contribution in [1.82, 2.24) is 14.9 Å². The van der Waals surface area contributed by atoms with Gasteiger partial charge in [0.1, 0.15) is 18.4 Å². The van der Waals surface area contributed by atoms with Crippen LogP contribution >= 0.6 is 0 Å². The number of primary amides is 1. The average molecular weight is 534 g/mol. The van der Waals surface area contributed by atoms with Crippen LogP contribution in [0.4, 0.5) is 39.3 Å².